The van der Waals surface area contributed by atoms with Gasteiger partial charge in [-0.1, -0.05) is 57.3 Å². The number of methoxy groups -OCH3 is 1. The quantitative estimate of drug-likeness (QED) is 0.408. The lowest BCUT2D eigenvalue weighted by Crippen LogP contribution is -2.02. The zero-order valence-corrected chi connectivity index (χ0v) is 17.7. The molecule has 0 saturated carbocycles. The first kappa shape index (κ1) is 19.9. The highest BCUT2D eigenvalue weighted by atomic mass is 79.9. The Morgan fingerprint density at radius 3 is 2.33 bits per heavy atom. The van der Waals surface area contributed by atoms with Gasteiger partial charge >= 0.3 is 0 Å². The van der Waals surface area contributed by atoms with Gasteiger partial charge in [-0.25, -0.2) is 0 Å². The molecule has 0 radical (unpaired) electrons. The predicted octanol–water partition coefficient (Wildman–Crippen LogP) is 6.96. The molecule has 0 heterocycles. The Bertz CT molecular complexity index is 917. The van der Waals surface area contributed by atoms with Gasteiger partial charge in [0.05, 0.1) is 17.8 Å². The fourth-order valence-electron chi connectivity index (χ4n) is 2.51. The monoisotopic (exact) mass is 465 g/mol. The molecule has 0 aliphatic rings. The first-order valence-corrected chi connectivity index (χ1v) is 9.83. The minimum atomic E-state index is 0.474. The fraction of sp³-hybridized carbons (Fsp3) is 0.143. The lowest BCUT2D eigenvalue weighted by atomic mass is 10.2. The molecule has 0 amide bonds. The Balaban J connectivity index is 1.65. The van der Waals surface area contributed by atoms with Crippen molar-refractivity contribution in [3.63, 3.8) is 0 Å². The molecular weight excluding hydrogens is 449 g/mol. The van der Waals surface area contributed by atoms with Gasteiger partial charge in [-0.2, -0.15) is 0 Å². The van der Waals surface area contributed by atoms with Crippen LogP contribution in [0.4, 0.5) is 5.69 Å². The van der Waals surface area contributed by atoms with Crippen LogP contribution in [0.25, 0.3) is 0 Å². The van der Waals surface area contributed by atoms with E-state index >= 15 is 0 Å². The zero-order chi connectivity index (χ0) is 19.2. The summed E-state index contributed by atoms with van der Waals surface area (Å²) >= 11 is 15.6. The van der Waals surface area contributed by atoms with E-state index in [1.54, 1.807) is 19.2 Å². The predicted molar refractivity (Wildman–Crippen MR) is 115 cm³/mol. The molecule has 0 aliphatic carbocycles. The smallest absolute Gasteiger partial charge is 0.161 e. The van der Waals surface area contributed by atoms with E-state index in [4.69, 9.17) is 32.7 Å². The Hall–Kier alpha value is -1.88. The van der Waals surface area contributed by atoms with Crippen LogP contribution in [-0.2, 0) is 13.2 Å². The first-order valence-electron chi connectivity index (χ1n) is 8.28. The van der Waals surface area contributed by atoms with Gasteiger partial charge in [0, 0.05) is 16.0 Å². The van der Waals surface area contributed by atoms with Crippen LogP contribution in [0.1, 0.15) is 11.1 Å². The molecule has 0 atom stereocenters. The van der Waals surface area contributed by atoms with Crippen molar-refractivity contribution in [3.8, 4) is 11.5 Å². The van der Waals surface area contributed by atoms with E-state index in [-0.39, 0.29) is 0 Å². The van der Waals surface area contributed by atoms with E-state index < -0.39 is 0 Å². The summed E-state index contributed by atoms with van der Waals surface area (Å²) in [6.45, 7) is 1.08. The van der Waals surface area contributed by atoms with Gasteiger partial charge in [-0.05, 0) is 53.6 Å². The number of ether oxygens (including phenoxy) is 2. The zero-order valence-electron chi connectivity index (χ0n) is 14.6. The normalized spacial score (nSPS) is 10.5. The summed E-state index contributed by atoms with van der Waals surface area (Å²) in [5, 5.41) is 4.50. The van der Waals surface area contributed by atoms with Gasteiger partial charge in [-0.3, -0.25) is 0 Å². The number of benzene rings is 3. The second-order valence-electron chi connectivity index (χ2n) is 5.88. The number of hydrogen-bond acceptors (Lipinski definition) is 3. The summed E-state index contributed by atoms with van der Waals surface area (Å²) in [5.74, 6) is 1.39. The van der Waals surface area contributed by atoms with Crippen LogP contribution in [0.3, 0.4) is 0 Å². The highest BCUT2D eigenvalue weighted by molar-refractivity contribution is 9.10. The molecule has 0 aliphatic heterocycles. The molecule has 140 valence electrons. The fourth-order valence-corrected chi connectivity index (χ4v) is 3.25. The molecule has 3 rings (SSSR count). The maximum absolute atomic E-state index is 6.19. The summed E-state index contributed by atoms with van der Waals surface area (Å²) in [5.41, 5.74) is 2.97. The molecule has 6 heteroatoms. The number of nitrogens with one attached hydrogen (secondary N) is 1. The van der Waals surface area contributed by atoms with Gasteiger partial charge in [-0.15, -0.1) is 0 Å². The molecule has 3 aromatic rings. The van der Waals surface area contributed by atoms with Crippen molar-refractivity contribution in [3.05, 3.63) is 86.3 Å². The third kappa shape index (κ3) is 5.55. The van der Waals surface area contributed by atoms with Crippen LogP contribution in [-0.4, -0.2) is 7.11 Å². The van der Waals surface area contributed by atoms with Crippen molar-refractivity contribution >= 4 is 44.8 Å². The van der Waals surface area contributed by atoms with E-state index in [1.165, 1.54) is 0 Å². The molecule has 0 aromatic heterocycles. The summed E-state index contributed by atoms with van der Waals surface area (Å²) < 4.78 is 12.4. The van der Waals surface area contributed by atoms with Gasteiger partial charge in [0.2, 0.25) is 0 Å². The van der Waals surface area contributed by atoms with Crippen LogP contribution < -0.4 is 14.8 Å². The Morgan fingerprint density at radius 1 is 0.889 bits per heavy atom. The van der Waals surface area contributed by atoms with Crippen LogP contribution in [0.15, 0.2) is 65.1 Å². The molecule has 0 saturated heterocycles. The lowest BCUT2D eigenvalue weighted by Gasteiger charge is -2.14. The molecule has 3 nitrogen and oxygen atoms in total. The van der Waals surface area contributed by atoms with Gasteiger partial charge in [0.15, 0.2) is 11.5 Å². The van der Waals surface area contributed by atoms with E-state index in [2.05, 4.69) is 21.2 Å². The van der Waals surface area contributed by atoms with Crippen LogP contribution >= 0.6 is 39.1 Å². The van der Waals surface area contributed by atoms with Gasteiger partial charge in [0.25, 0.3) is 0 Å². The molecule has 1 N–H and O–H groups in total. The Morgan fingerprint density at radius 2 is 1.63 bits per heavy atom. The SMILES string of the molecule is COc1cc(CNc2ccc(Cl)cc2Cl)ccc1OCc1ccc(Br)cc1. The number of hydrogen-bond donors (Lipinski definition) is 1. The highest BCUT2D eigenvalue weighted by Gasteiger charge is 2.07. The highest BCUT2D eigenvalue weighted by Crippen LogP contribution is 2.30. The lowest BCUT2D eigenvalue weighted by molar-refractivity contribution is 0.284. The van der Waals surface area contributed by atoms with Gasteiger partial charge in [0.1, 0.15) is 6.61 Å². The second-order valence-corrected chi connectivity index (χ2v) is 7.64. The van der Waals surface area contributed by atoms with Crippen molar-refractivity contribution < 1.29 is 9.47 Å². The topological polar surface area (TPSA) is 30.5 Å². The molecular formula is C21H18BrCl2NO2. The second kappa shape index (κ2) is 9.36. The molecule has 0 unspecified atom stereocenters. The molecule has 0 bridgehead atoms. The number of anilines is 1. The van der Waals surface area contributed by atoms with Crippen molar-refractivity contribution in [2.45, 2.75) is 13.2 Å². The Labute approximate surface area is 177 Å². The summed E-state index contributed by atoms with van der Waals surface area (Å²) in [7, 11) is 1.63. The van der Waals surface area contributed by atoms with Crippen LogP contribution in [0.2, 0.25) is 10.0 Å². The Kier molecular flexibility index (Phi) is 6.89. The van der Waals surface area contributed by atoms with Crippen molar-refractivity contribution in [1.82, 2.24) is 0 Å². The van der Waals surface area contributed by atoms with Crippen LogP contribution in [0, 0.1) is 0 Å². The standard InChI is InChI=1S/C21H18BrCl2NO2/c1-26-21-10-15(12-25-19-8-7-17(23)11-18(19)24)4-9-20(21)27-13-14-2-5-16(22)6-3-14/h2-11,25H,12-13H2,1H3. The number of rotatable bonds is 7. The average molecular weight is 467 g/mol. The molecule has 3 aromatic carbocycles. The third-order valence-electron chi connectivity index (χ3n) is 3.95. The maximum atomic E-state index is 6.19. The summed E-state index contributed by atoms with van der Waals surface area (Å²) in [6, 6.07) is 19.3. The molecule has 0 spiro atoms. The minimum Gasteiger partial charge on any atom is -0.493 e. The third-order valence-corrected chi connectivity index (χ3v) is 5.03. The molecule has 0 fully saturated rings. The molecule has 27 heavy (non-hydrogen) atoms. The van der Waals surface area contributed by atoms with E-state index in [9.17, 15) is 0 Å². The average Bonchev–Trinajstić information content (AvgIpc) is 2.67. The van der Waals surface area contributed by atoms with Crippen LogP contribution in [0.5, 0.6) is 11.5 Å². The van der Waals surface area contributed by atoms with Crippen molar-refractivity contribution in [1.29, 1.82) is 0 Å². The maximum Gasteiger partial charge on any atom is 0.161 e. The number of halogens is 3. The first-order chi connectivity index (χ1) is 13.0. The van der Waals surface area contributed by atoms with E-state index in [1.807, 2.05) is 48.5 Å². The van der Waals surface area contributed by atoms with Gasteiger partial charge < -0.3 is 14.8 Å². The van der Waals surface area contributed by atoms with E-state index in [0.717, 1.165) is 21.3 Å². The van der Waals surface area contributed by atoms with Crippen molar-refractivity contribution in [2.24, 2.45) is 0 Å². The minimum absolute atomic E-state index is 0.474. The summed E-state index contributed by atoms with van der Waals surface area (Å²) in [4.78, 5) is 0. The largest absolute Gasteiger partial charge is 0.493 e. The van der Waals surface area contributed by atoms with E-state index in [0.29, 0.717) is 34.7 Å². The van der Waals surface area contributed by atoms with Crippen molar-refractivity contribution in [2.75, 3.05) is 12.4 Å². The summed E-state index contributed by atoms with van der Waals surface area (Å²) in [6.07, 6.45) is 0.